The van der Waals surface area contributed by atoms with Crippen LogP contribution in [0.3, 0.4) is 0 Å². The topological polar surface area (TPSA) is 50.4 Å². The predicted octanol–water partition coefficient (Wildman–Crippen LogP) is 2.30. The van der Waals surface area contributed by atoms with Gasteiger partial charge in [-0.25, -0.2) is 0 Å². The average Bonchev–Trinajstić information content (AvgIpc) is 2.46. The summed E-state index contributed by atoms with van der Waals surface area (Å²) in [5.74, 6) is 1.41. The molecule has 1 aliphatic rings. The van der Waals surface area contributed by atoms with Crippen LogP contribution >= 0.6 is 11.8 Å². The van der Waals surface area contributed by atoms with Crippen LogP contribution in [0, 0.1) is 0 Å². The first-order valence-corrected chi connectivity index (χ1v) is 8.01. The Labute approximate surface area is 130 Å². The second-order valence-corrected chi connectivity index (χ2v) is 6.01. The molecule has 0 spiro atoms. The van der Waals surface area contributed by atoms with Crippen LogP contribution in [0.4, 0.5) is 13.2 Å². The maximum atomic E-state index is 12.3. The molecule has 2 N–H and O–H groups in total. The molecule has 22 heavy (non-hydrogen) atoms. The first kappa shape index (κ1) is 17.0. The summed E-state index contributed by atoms with van der Waals surface area (Å²) < 4.78 is 40.9. The van der Waals surface area contributed by atoms with Crippen molar-refractivity contribution in [1.82, 2.24) is 10.6 Å². The van der Waals surface area contributed by atoms with Gasteiger partial charge < -0.3 is 15.4 Å². The molecule has 0 aliphatic carbocycles. The van der Waals surface area contributed by atoms with Crippen molar-refractivity contribution in [2.75, 3.05) is 18.1 Å². The Bertz CT molecular complexity index is 505. The molecule has 2 rings (SSSR count). The summed E-state index contributed by atoms with van der Waals surface area (Å²) >= 11 is 1.78. The second-order valence-electron chi connectivity index (χ2n) is 4.86. The fourth-order valence-electron chi connectivity index (χ4n) is 2.11. The smallest absolute Gasteiger partial charge is 0.405 e. The zero-order valence-electron chi connectivity index (χ0n) is 11.8. The Morgan fingerprint density at radius 1 is 1.41 bits per heavy atom. The van der Waals surface area contributed by atoms with E-state index in [1.807, 2.05) is 0 Å². The maximum Gasteiger partial charge on any atom is 0.573 e. The Morgan fingerprint density at radius 3 is 2.86 bits per heavy atom. The standard InChI is InChI=1S/C14H17F3N2O2S/c15-14(16,17)21-12-4-2-1-3-10(12)8-19-13(20)7-11-9-22-6-5-18-11/h1-4,11,18H,5-9H2,(H,19,20). The Kier molecular flexibility index (Phi) is 5.96. The first-order chi connectivity index (χ1) is 10.4. The van der Waals surface area contributed by atoms with Crippen LogP contribution in [0.2, 0.25) is 0 Å². The zero-order chi connectivity index (χ0) is 16.0. The van der Waals surface area contributed by atoms with E-state index in [4.69, 9.17) is 0 Å². The molecule has 122 valence electrons. The van der Waals surface area contributed by atoms with Gasteiger partial charge >= 0.3 is 6.36 Å². The highest BCUT2D eigenvalue weighted by Gasteiger charge is 2.32. The number of ether oxygens (including phenoxy) is 1. The fraction of sp³-hybridized carbons (Fsp3) is 0.500. The van der Waals surface area contributed by atoms with E-state index in [1.54, 1.807) is 17.8 Å². The number of hydrogen-bond donors (Lipinski definition) is 2. The highest BCUT2D eigenvalue weighted by atomic mass is 32.2. The van der Waals surface area contributed by atoms with E-state index < -0.39 is 6.36 Å². The highest BCUT2D eigenvalue weighted by molar-refractivity contribution is 7.99. The molecule has 1 aromatic rings. The predicted molar refractivity (Wildman–Crippen MR) is 78.7 cm³/mol. The molecule has 0 saturated carbocycles. The van der Waals surface area contributed by atoms with Crippen LogP contribution in [0.1, 0.15) is 12.0 Å². The number of halogens is 3. The third kappa shape index (κ3) is 5.76. The van der Waals surface area contributed by atoms with Gasteiger partial charge in [-0.3, -0.25) is 4.79 Å². The highest BCUT2D eigenvalue weighted by Crippen LogP contribution is 2.26. The van der Waals surface area contributed by atoms with Gasteiger partial charge in [-0.05, 0) is 6.07 Å². The van der Waals surface area contributed by atoms with Crippen LogP contribution in [-0.2, 0) is 11.3 Å². The third-order valence-electron chi connectivity index (χ3n) is 3.10. The molecule has 0 aromatic heterocycles. The monoisotopic (exact) mass is 334 g/mol. The van der Waals surface area contributed by atoms with E-state index in [0.29, 0.717) is 12.0 Å². The lowest BCUT2D eigenvalue weighted by atomic mass is 10.2. The molecular formula is C14H17F3N2O2S. The van der Waals surface area contributed by atoms with E-state index in [1.165, 1.54) is 18.2 Å². The summed E-state index contributed by atoms with van der Waals surface area (Å²) in [6.45, 7) is 0.871. The molecule has 0 radical (unpaired) electrons. The lowest BCUT2D eigenvalue weighted by Crippen LogP contribution is -2.41. The molecule has 1 atom stereocenters. The second kappa shape index (κ2) is 7.73. The molecule has 1 aliphatic heterocycles. The van der Waals surface area contributed by atoms with Crippen LogP contribution < -0.4 is 15.4 Å². The van der Waals surface area contributed by atoms with Gasteiger partial charge in [-0.15, -0.1) is 13.2 Å². The number of carbonyl (C=O) groups is 1. The van der Waals surface area contributed by atoms with Crippen LogP contribution in [0.15, 0.2) is 24.3 Å². The molecule has 1 saturated heterocycles. The molecule has 0 bridgehead atoms. The number of nitrogens with one attached hydrogen (secondary N) is 2. The Balaban J connectivity index is 1.86. The van der Waals surface area contributed by atoms with Crippen molar-refractivity contribution in [2.24, 2.45) is 0 Å². The number of amides is 1. The lowest BCUT2D eigenvalue weighted by molar-refractivity contribution is -0.274. The van der Waals surface area contributed by atoms with E-state index in [-0.39, 0.29) is 24.2 Å². The minimum Gasteiger partial charge on any atom is -0.405 e. The summed E-state index contributed by atoms with van der Waals surface area (Å²) in [7, 11) is 0. The van der Waals surface area contributed by atoms with Crippen molar-refractivity contribution in [3.05, 3.63) is 29.8 Å². The van der Waals surface area contributed by atoms with E-state index >= 15 is 0 Å². The van der Waals surface area contributed by atoms with Crippen molar-refractivity contribution in [1.29, 1.82) is 0 Å². The number of para-hydroxylation sites is 1. The molecule has 1 heterocycles. The van der Waals surface area contributed by atoms with E-state index in [9.17, 15) is 18.0 Å². The van der Waals surface area contributed by atoms with Gasteiger partial charge in [0.1, 0.15) is 5.75 Å². The van der Waals surface area contributed by atoms with Crippen molar-refractivity contribution < 1.29 is 22.7 Å². The molecule has 4 nitrogen and oxygen atoms in total. The summed E-state index contributed by atoms with van der Waals surface area (Å²) in [6, 6.07) is 5.89. The van der Waals surface area contributed by atoms with Gasteiger partial charge in [0.2, 0.25) is 5.91 Å². The van der Waals surface area contributed by atoms with Gasteiger partial charge in [0.25, 0.3) is 0 Å². The molecule has 1 amide bonds. The summed E-state index contributed by atoms with van der Waals surface area (Å²) in [5.41, 5.74) is 0.291. The van der Waals surface area contributed by atoms with Crippen molar-refractivity contribution in [3.63, 3.8) is 0 Å². The number of thioether (sulfide) groups is 1. The SMILES string of the molecule is O=C(CC1CSCCN1)NCc1ccccc1OC(F)(F)F. The number of benzene rings is 1. The van der Waals surface area contributed by atoms with Crippen LogP contribution in [-0.4, -0.2) is 36.4 Å². The van der Waals surface area contributed by atoms with Gasteiger partial charge in [-0.1, -0.05) is 18.2 Å². The minimum atomic E-state index is -4.75. The lowest BCUT2D eigenvalue weighted by Gasteiger charge is -2.22. The average molecular weight is 334 g/mol. The molecule has 1 unspecified atom stereocenters. The first-order valence-electron chi connectivity index (χ1n) is 6.85. The van der Waals surface area contributed by atoms with Gasteiger partial charge in [0, 0.05) is 42.6 Å². The largest absolute Gasteiger partial charge is 0.573 e. The summed E-state index contributed by atoms with van der Waals surface area (Å²) in [5, 5.41) is 5.87. The molecule has 1 fully saturated rings. The zero-order valence-corrected chi connectivity index (χ0v) is 12.6. The van der Waals surface area contributed by atoms with E-state index in [2.05, 4.69) is 15.4 Å². The number of alkyl halides is 3. The normalized spacial score (nSPS) is 18.8. The van der Waals surface area contributed by atoms with Gasteiger partial charge in [0.15, 0.2) is 0 Å². The number of rotatable bonds is 5. The van der Waals surface area contributed by atoms with Crippen molar-refractivity contribution in [2.45, 2.75) is 25.4 Å². The van der Waals surface area contributed by atoms with Crippen molar-refractivity contribution in [3.8, 4) is 5.75 Å². The van der Waals surface area contributed by atoms with Gasteiger partial charge in [-0.2, -0.15) is 11.8 Å². The van der Waals surface area contributed by atoms with Crippen LogP contribution in [0.5, 0.6) is 5.75 Å². The maximum absolute atomic E-state index is 12.3. The Morgan fingerprint density at radius 2 is 2.18 bits per heavy atom. The summed E-state index contributed by atoms with van der Waals surface area (Å²) in [4.78, 5) is 11.9. The van der Waals surface area contributed by atoms with Gasteiger partial charge in [0.05, 0.1) is 0 Å². The quantitative estimate of drug-likeness (QED) is 0.868. The number of carbonyl (C=O) groups excluding carboxylic acids is 1. The fourth-order valence-corrected chi connectivity index (χ4v) is 3.06. The number of hydrogen-bond acceptors (Lipinski definition) is 4. The molecule has 8 heteroatoms. The van der Waals surface area contributed by atoms with Crippen molar-refractivity contribution >= 4 is 17.7 Å². The molecule has 1 aromatic carbocycles. The minimum absolute atomic E-state index is 0.00491. The van der Waals surface area contributed by atoms with Crippen LogP contribution in [0.25, 0.3) is 0 Å². The Hall–Kier alpha value is -1.41. The third-order valence-corrected chi connectivity index (χ3v) is 4.24. The molecular weight excluding hydrogens is 317 g/mol. The summed E-state index contributed by atoms with van der Waals surface area (Å²) in [6.07, 6.45) is -4.43. The van der Waals surface area contributed by atoms with E-state index in [0.717, 1.165) is 18.1 Å².